The summed E-state index contributed by atoms with van der Waals surface area (Å²) in [4.78, 5) is 0. The van der Waals surface area contributed by atoms with Crippen LogP contribution in [0.2, 0.25) is 0 Å². The summed E-state index contributed by atoms with van der Waals surface area (Å²) in [5.74, 6) is 0. The molecule has 1 aliphatic rings. The Morgan fingerprint density at radius 1 is 1.25 bits per heavy atom. The summed E-state index contributed by atoms with van der Waals surface area (Å²) >= 11 is -1.59. The van der Waals surface area contributed by atoms with E-state index >= 15 is 0 Å². The van der Waals surface area contributed by atoms with Crippen LogP contribution in [-0.4, -0.2) is 15.9 Å². The summed E-state index contributed by atoms with van der Waals surface area (Å²) < 4.78 is 21.3. The van der Waals surface area contributed by atoms with Gasteiger partial charge >= 0.3 is 11.4 Å². The first-order chi connectivity index (χ1) is 5.27. The van der Waals surface area contributed by atoms with Crippen molar-refractivity contribution in [3.63, 3.8) is 0 Å². The molecule has 0 unspecified atom stereocenters. The van der Waals surface area contributed by atoms with Gasteiger partial charge in [-0.3, -0.25) is 8.37 Å². The molecule has 0 N–H and O–H groups in total. The maximum atomic E-state index is 11.0. The second-order valence-electron chi connectivity index (χ2n) is 4.26. The van der Waals surface area contributed by atoms with Gasteiger partial charge in [0.25, 0.3) is 0 Å². The fraction of sp³-hybridized carbons (Fsp3) is 1.00. The van der Waals surface area contributed by atoms with Crippen molar-refractivity contribution in [1.29, 1.82) is 0 Å². The molecule has 4 heteroatoms. The fourth-order valence-corrected chi connectivity index (χ4v) is 2.10. The Hall–Kier alpha value is 0.0700. The molecule has 1 aliphatic heterocycles. The highest BCUT2D eigenvalue weighted by Gasteiger charge is 2.49. The second-order valence-corrected chi connectivity index (χ2v) is 5.03. The number of hydrogen-bond acceptors (Lipinski definition) is 3. The average molecular weight is 192 g/mol. The fourth-order valence-electron chi connectivity index (χ4n) is 1.02. The lowest BCUT2D eigenvalue weighted by molar-refractivity contribution is -0.105. The second kappa shape index (κ2) is 2.79. The Morgan fingerprint density at radius 3 is 2.17 bits per heavy atom. The lowest BCUT2D eigenvalue weighted by atomic mass is 9.73. The van der Waals surface area contributed by atoms with Crippen LogP contribution in [0, 0.1) is 5.41 Å². The van der Waals surface area contributed by atoms with E-state index in [-0.39, 0.29) is 11.5 Å². The van der Waals surface area contributed by atoms with Crippen molar-refractivity contribution in [2.24, 2.45) is 5.41 Å². The molecule has 0 aromatic carbocycles. The molecule has 1 saturated heterocycles. The van der Waals surface area contributed by atoms with Crippen LogP contribution in [0.5, 0.6) is 0 Å². The molecule has 0 saturated carbocycles. The van der Waals surface area contributed by atoms with Crippen LogP contribution in [0.25, 0.3) is 0 Å². The van der Waals surface area contributed by atoms with Gasteiger partial charge in [-0.15, -0.1) is 0 Å². The topological polar surface area (TPSA) is 35.5 Å². The summed E-state index contributed by atoms with van der Waals surface area (Å²) in [6.07, 6.45) is -0.0536. The van der Waals surface area contributed by atoms with E-state index in [2.05, 4.69) is 0 Å². The van der Waals surface area contributed by atoms with E-state index in [0.29, 0.717) is 0 Å². The summed E-state index contributed by atoms with van der Waals surface area (Å²) in [6, 6.07) is 0. The predicted molar refractivity (Wildman–Crippen MR) is 47.6 cm³/mol. The SMILES string of the molecule is C[C@@H]1O[S@](=O)OC(C)(C)C1(C)C. The Kier molecular flexibility index (Phi) is 2.36. The third kappa shape index (κ3) is 1.43. The van der Waals surface area contributed by atoms with Crippen LogP contribution >= 0.6 is 0 Å². The van der Waals surface area contributed by atoms with E-state index < -0.39 is 17.0 Å². The van der Waals surface area contributed by atoms with Crippen molar-refractivity contribution in [3.8, 4) is 0 Å². The van der Waals surface area contributed by atoms with Crippen molar-refractivity contribution in [2.75, 3.05) is 0 Å². The first-order valence-corrected chi connectivity index (χ1v) is 5.06. The molecule has 1 fully saturated rings. The minimum Gasteiger partial charge on any atom is -0.265 e. The Bertz CT molecular complexity index is 210. The maximum absolute atomic E-state index is 11.0. The van der Waals surface area contributed by atoms with Crippen LogP contribution in [0.15, 0.2) is 0 Å². The van der Waals surface area contributed by atoms with Crippen molar-refractivity contribution in [2.45, 2.75) is 46.3 Å². The summed E-state index contributed by atoms with van der Waals surface area (Å²) in [7, 11) is 0. The lowest BCUT2D eigenvalue weighted by Crippen LogP contribution is -2.53. The molecule has 2 atom stereocenters. The molecular formula is C8H16O3S. The van der Waals surface area contributed by atoms with E-state index in [1.807, 2.05) is 34.6 Å². The minimum absolute atomic E-state index is 0.0536. The van der Waals surface area contributed by atoms with Crippen LogP contribution in [0.1, 0.15) is 34.6 Å². The van der Waals surface area contributed by atoms with Gasteiger partial charge in [0, 0.05) is 5.41 Å². The van der Waals surface area contributed by atoms with Crippen molar-refractivity contribution >= 4 is 11.4 Å². The van der Waals surface area contributed by atoms with Gasteiger partial charge in [-0.2, -0.15) is 4.21 Å². The number of hydrogen-bond donors (Lipinski definition) is 0. The largest absolute Gasteiger partial charge is 0.305 e. The highest BCUT2D eigenvalue weighted by atomic mass is 32.2. The summed E-state index contributed by atoms with van der Waals surface area (Å²) in [5.41, 5.74) is -0.531. The van der Waals surface area contributed by atoms with Gasteiger partial charge in [0.15, 0.2) is 0 Å². The third-order valence-corrected chi connectivity index (χ3v) is 4.07. The maximum Gasteiger partial charge on any atom is 0.305 e. The normalized spacial score (nSPS) is 39.4. The van der Waals surface area contributed by atoms with Gasteiger partial charge < -0.3 is 0 Å². The minimum atomic E-state index is -1.59. The molecule has 0 aromatic rings. The van der Waals surface area contributed by atoms with Gasteiger partial charge in [-0.05, 0) is 20.8 Å². The summed E-state index contributed by atoms with van der Waals surface area (Å²) in [6.45, 7) is 9.89. The lowest BCUT2D eigenvalue weighted by Gasteiger charge is -2.47. The third-order valence-electron chi connectivity index (χ3n) is 3.07. The zero-order chi connectivity index (χ0) is 9.57. The van der Waals surface area contributed by atoms with Crippen molar-refractivity contribution in [3.05, 3.63) is 0 Å². The van der Waals surface area contributed by atoms with Gasteiger partial charge in [-0.25, -0.2) is 0 Å². The monoisotopic (exact) mass is 192 g/mol. The Morgan fingerprint density at radius 2 is 1.75 bits per heavy atom. The Balaban J connectivity index is 2.94. The average Bonchev–Trinajstić information content (AvgIpc) is 1.82. The van der Waals surface area contributed by atoms with Crippen molar-refractivity contribution in [1.82, 2.24) is 0 Å². The molecule has 0 radical (unpaired) electrons. The van der Waals surface area contributed by atoms with E-state index in [0.717, 1.165) is 0 Å². The van der Waals surface area contributed by atoms with Crippen LogP contribution in [-0.2, 0) is 19.7 Å². The van der Waals surface area contributed by atoms with E-state index in [1.54, 1.807) is 0 Å². The van der Waals surface area contributed by atoms with Gasteiger partial charge in [0.05, 0.1) is 11.7 Å². The van der Waals surface area contributed by atoms with Crippen LogP contribution in [0.3, 0.4) is 0 Å². The first-order valence-electron chi connectivity index (χ1n) is 4.06. The molecule has 12 heavy (non-hydrogen) atoms. The molecule has 0 bridgehead atoms. The molecular weight excluding hydrogens is 176 g/mol. The quantitative estimate of drug-likeness (QED) is 0.587. The van der Waals surface area contributed by atoms with E-state index in [1.165, 1.54) is 0 Å². The smallest absolute Gasteiger partial charge is 0.265 e. The van der Waals surface area contributed by atoms with Gasteiger partial charge in [0.2, 0.25) is 0 Å². The predicted octanol–water partition coefficient (Wildman–Crippen LogP) is 1.81. The molecule has 0 aliphatic carbocycles. The standard InChI is InChI=1S/C8H16O3S/c1-6-7(2,3)8(4,5)11-12(9)10-6/h6H,1-5H3/t6-,12-/m0/s1. The molecule has 1 heterocycles. The van der Waals surface area contributed by atoms with Crippen molar-refractivity contribution < 1.29 is 12.6 Å². The highest BCUT2D eigenvalue weighted by molar-refractivity contribution is 7.75. The van der Waals surface area contributed by atoms with Gasteiger partial charge in [0.1, 0.15) is 0 Å². The molecule has 72 valence electrons. The molecule has 0 spiro atoms. The zero-order valence-corrected chi connectivity index (χ0v) is 9.03. The first kappa shape index (κ1) is 10.2. The Labute approximate surface area is 76.3 Å². The molecule has 3 nitrogen and oxygen atoms in total. The molecule has 0 amide bonds. The van der Waals surface area contributed by atoms with Crippen LogP contribution in [0.4, 0.5) is 0 Å². The number of rotatable bonds is 0. The van der Waals surface area contributed by atoms with Crippen LogP contribution < -0.4 is 0 Å². The molecule has 0 aromatic heterocycles. The highest BCUT2D eigenvalue weighted by Crippen LogP contribution is 2.42. The zero-order valence-electron chi connectivity index (χ0n) is 8.21. The summed E-state index contributed by atoms with van der Waals surface area (Å²) in [5, 5.41) is 0. The van der Waals surface area contributed by atoms with E-state index in [4.69, 9.17) is 8.37 Å². The van der Waals surface area contributed by atoms with E-state index in [9.17, 15) is 4.21 Å². The van der Waals surface area contributed by atoms with Gasteiger partial charge in [-0.1, -0.05) is 13.8 Å². The molecule has 1 rings (SSSR count).